The predicted octanol–water partition coefficient (Wildman–Crippen LogP) is -1.75. The summed E-state index contributed by atoms with van der Waals surface area (Å²) in [6.45, 7) is 1.67. The molecule has 1 unspecified atom stereocenters. The van der Waals surface area contributed by atoms with Crippen molar-refractivity contribution < 1.29 is 14.7 Å². The molecule has 0 aliphatic carbocycles. The summed E-state index contributed by atoms with van der Waals surface area (Å²) in [6.07, 6.45) is 0.345. The number of carbonyl (C=O) groups is 2. The van der Waals surface area contributed by atoms with Gasteiger partial charge in [0.05, 0.1) is 6.04 Å². The third-order valence-corrected chi connectivity index (χ3v) is 1.54. The zero-order valence-electron chi connectivity index (χ0n) is 7.49. The quantitative estimate of drug-likeness (QED) is 0.409. The van der Waals surface area contributed by atoms with Gasteiger partial charge in [0.15, 0.2) is 0 Å². The number of rotatable bonds is 5. The molecule has 0 aromatic rings. The highest BCUT2D eigenvalue weighted by Crippen LogP contribution is 1.88. The first-order chi connectivity index (χ1) is 5.99. The molecule has 0 saturated carbocycles. The Labute approximate surface area is 76.3 Å². The second-order valence-corrected chi connectivity index (χ2v) is 2.75. The lowest BCUT2D eigenvalue weighted by Crippen LogP contribution is -2.47. The number of nitrogens with one attached hydrogen (secondary N) is 1. The zero-order chi connectivity index (χ0) is 10.4. The first-order valence-corrected chi connectivity index (χ1v) is 3.98. The Morgan fingerprint density at radius 3 is 2.46 bits per heavy atom. The Kier molecular flexibility index (Phi) is 5.01. The van der Waals surface area contributed by atoms with Crippen LogP contribution < -0.4 is 16.8 Å². The van der Waals surface area contributed by atoms with E-state index in [1.165, 1.54) is 6.92 Å². The van der Waals surface area contributed by atoms with Gasteiger partial charge in [0, 0.05) is 0 Å². The van der Waals surface area contributed by atoms with Crippen LogP contribution in [-0.4, -0.2) is 35.6 Å². The highest BCUT2D eigenvalue weighted by Gasteiger charge is 2.18. The standard InChI is InChI=1S/C7H15N3O3/c1-4(7(12)13)10-6(11)5(9)2-3-8/h4-5H,2-3,8-9H2,1H3,(H,10,11)(H,12,13)/t4-,5?/m0/s1. The minimum absolute atomic E-state index is 0.302. The highest BCUT2D eigenvalue weighted by molar-refractivity contribution is 5.86. The third kappa shape index (κ3) is 4.44. The van der Waals surface area contributed by atoms with Crippen molar-refractivity contribution >= 4 is 11.9 Å². The van der Waals surface area contributed by atoms with Crippen molar-refractivity contribution in [2.45, 2.75) is 25.4 Å². The van der Waals surface area contributed by atoms with Crippen LogP contribution in [0.1, 0.15) is 13.3 Å². The molecule has 0 aliphatic rings. The van der Waals surface area contributed by atoms with Gasteiger partial charge < -0.3 is 21.9 Å². The van der Waals surface area contributed by atoms with Crippen LogP contribution >= 0.6 is 0 Å². The van der Waals surface area contributed by atoms with Gasteiger partial charge in [-0.15, -0.1) is 0 Å². The summed E-state index contributed by atoms with van der Waals surface area (Å²) in [5.74, 6) is -1.58. The van der Waals surface area contributed by atoms with Crippen molar-refractivity contribution in [1.82, 2.24) is 5.32 Å². The fourth-order valence-electron chi connectivity index (χ4n) is 0.693. The number of hydrogen-bond donors (Lipinski definition) is 4. The Hall–Kier alpha value is -1.14. The molecule has 1 amide bonds. The van der Waals surface area contributed by atoms with Gasteiger partial charge in [0.25, 0.3) is 0 Å². The summed E-state index contributed by atoms with van der Waals surface area (Å²) >= 11 is 0. The fraction of sp³-hybridized carbons (Fsp3) is 0.714. The maximum Gasteiger partial charge on any atom is 0.325 e. The van der Waals surface area contributed by atoms with Crippen LogP contribution in [0.4, 0.5) is 0 Å². The third-order valence-electron chi connectivity index (χ3n) is 1.54. The number of aliphatic carboxylic acids is 1. The lowest BCUT2D eigenvalue weighted by molar-refractivity contribution is -0.141. The van der Waals surface area contributed by atoms with E-state index in [1.807, 2.05) is 0 Å². The average Bonchev–Trinajstić information content (AvgIpc) is 2.04. The van der Waals surface area contributed by atoms with Crippen molar-refractivity contribution in [1.29, 1.82) is 0 Å². The SMILES string of the molecule is C[C@H](NC(=O)C(N)CCN)C(=O)O. The van der Waals surface area contributed by atoms with Crippen LogP contribution in [0.25, 0.3) is 0 Å². The van der Waals surface area contributed by atoms with Gasteiger partial charge in [-0.1, -0.05) is 0 Å². The summed E-state index contributed by atoms with van der Waals surface area (Å²) in [5, 5.41) is 10.7. The van der Waals surface area contributed by atoms with E-state index in [9.17, 15) is 9.59 Å². The van der Waals surface area contributed by atoms with E-state index in [-0.39, 0.29) is 0 Å². The van der Waals surface area contributed by atoms with Crippen molar-refractivity contribution in [2.24, 2.45) is 11.5 Å². The highest BCUT2D eigenvalue weighted by atomic mass is 16.4. The zero-order valence-corrected chi connectivity index (χ0v) is 7.49. The number of carboxylic acids is 1. The number of amides is 1. The number of carboxylic acid groups (broad SMARTS) is 1. The van der Waals surface area contributed by atoms with Crippen LogP contribution in [0.2, 0.25) is 0 Å². The molecule has 0 aliphatic heterocycles. The molecule has 0 bridgehead atoms. The second kappa shape index (κ2) is 5.50. The number of carbonyl (C=O) groups excluding carboxylic acids is 1. The normalized spacial score (nSPS) is 14.7. The van der Waals surface area contributed by atoms with E-state index < -0.39 is 24.0 Å². The van der Waals surface area contributed by atoms with E-state index >= 15 is 0 Å². The van der Waals surface area contributed by atoms with E-state index in [0.29, 0.717) is 13.0 Å². The summed E-state index contributed by atoms with van der Waals surface area (Å²) in [7, 11) is 0. The number of nitrogens with two attached hydrogens (primary N) is 2. The largest absolute Gasteiger partial charge is 0.480 e. The molecular formula is C7H15N3O3. The summed E-state index contributed by atoms with van der Waals surface area (Å²) in [5.41, 5.74) is 10.6. The number of hydrogen-bond acceptors (Lipinski definition) is 4. The lowest BCUT2D eigenvalue weighted by Gasteiger charge is -2.13. The minimum atomic E-state index is -1.09. The molecular weight excluding hydrogens is 174 g/mol. The molecule has 0 rings (SSSR count). The van der Waals surface area contributed by atoms with Gasteiger partial charge in [-0.05, 0) is 19.9 Å². The predicted molar refractivity (Wildman–Crippen MR) is 46.9 cm³/mol. The molecule has 6 heteroatoms. The Balaban J connectivity index is 3.92. The van der Waals surface area contributed by atoms with Gasteiger partial charge in [-0.2, -0.15) is 0 Å². The van der Waals surface area contributed by atoms with Gasteiger partial charge in [-0.3, -0.25) is 9.59 Å². The molecule has 0 aromatic carbocycles. The Bertz CT molecular complexity index is 195. The summed E-state index contributed by atoms with van der Waals surface area (Å²) < 4.78 is 0. The van der Waals surface area contributed by atoms with Gasteiger partial charge in [-0.25, -0.2) is 0 Å². The Morgan fingerprint density at radius 2 is 2.08 bits per heavy atom. The van der Waals surface area contributed by atoms with Crippen molar-refractivity contribution in [2.75, 3.05) is 6.54 Å². The molecule has 6 nitrogen and oxygen atoms in total. The molecule has 0 fully saturated rings. The van der Waals surface area contributed by atoms with Crippen LogP contribution in [0.5, 0.6) is 0 Å². The van der Waals surface area contributed by atoms with Crippen LogP contribution in [0.3, 0.4) is 0 Å². The summed E-state index contributed by atoms with van der Waals surface area (Å²) in [6, 6.07) is -1.65. The smallest absolute Gasteiger partial charge is 0.325 e. The Morgan fingerprint density at radius 1 is 1.54 bits per heavy atom. The molecule has 6 N–H and O–H groups in total. The van der Waals surface area contributed by atoms with Gasteiger partial charge in [0.2, 0.25) is 5.91 Å². The monoisotopic (exact) mass is 189 g/mol. The van der Waals surface area contributed by atoms with Crippen molar-refractivity contribution in [3.63, 3.8) is 0 Å². The summed E-state index contributed by atoms with van der Waals surface area (Å²) in [4.78, 5) is 21.4. The molecule has 0 radical (unpaired) electrons. The maximum atomic E-state index is 11.1. The second-order valence-electron chi connectivity index (χ2n) is 2.75. The topological polar surface area (TPSA) is 118 Å². The van der Waals surface area contributed by atoms with Gasteiger partial charge >= 0.3 is 5.97 Å². The van der Waals surface area contributed by atoms with E-state index in [4.69, 9.17) is 16.6 Å². The van der Waals surface area contributed by atoms with E-state index in [1.54, 1.807) is 0 Å². The van der Waals surface area contributed by atoms with Crippen LogP contribution in [-0.2, 0) is 9.59 Å². The molecule has 0 spiro atoms. The van der Waals surface area contributed by atoms with E-state index in [0.717, 1.165) is 0 Å². The molecule has 76 valence electrons. The fourth-order valence-corrected chi connectivity index (χ4v) is 0.693. The first kappa shape index (κ1) is 11.9. The molecule has 0 saturated heterocycles. The van der Waals surface area contributed by atoms with Gasteiger partial charge in [0.1, 0.15) is 6.04 Å². The maximum absolute atomic E-state index is 11.1. The average molecular weight is 189 g/mol. The molecule has 2 atom stereocenters. The van der Waals surface area contributed by atoms with E-state index in [2.05, 4.69) is 5.32 Å². The molecule has 0 aromatic heterocycles. The molecule has 13 heavy (non-hydrogen) atoms. The lowest BCUT2D eigenvalue weighted by atomic mass is 10.2. The van der Waals surface area contributed by atoms with Crippen molar-refractivity contribution in [3.05, 3.63) is 0 Å². The van der Waals surface area contributed by atoms with Crippen LogP contribution in [0.15, 0.2) is 0 Å². The minimum Gasteiger partial charge on any atom is -0.480 e. The van der Waals surface area contributed by atoms with Crippen LogP contribution in [0, 0.1) is 0 Å². The first-order valence-electron chi connectivity index (χ1n) is 3.98. The van der Waals surface area contributed by atoms with Crippen molar-refractivity contribution in [3.8, 4) is 0 Å². The molecule has 0 heterocycles.